The summed E-state index contributed by atoms with van der Waals surface area (Å²) in [5.41, 5.74) is 2.45. The second-order valence-corrected chi connectivity index (χ2v) is 6.84. The van der Waals surface area contributed by atoms with Crippen LogP contribution in [0.3, 0.4) is 0 Å². The van der Waals surface area contributed by atoms with E-state index in [1.807, 2.05) is 0 Å². The molecule has 2 aliphatic carbocycles. The monoisotopic (exact) mass is 334 g/mol. The lowest BCUT2D eigenvalue weighted by Crippen LogP contribution is -2.36. The smallest absolute Gasteiger partial charge is 0.166 e. The van der Waals surface area contributed by atoms with Crippen molar-refractivity contribution in [2.45, 2.75) is 50.9 Å². The van der Waals surface area contributed by atoms with Crippen molar-refractivity contribution in [3.63, 3.8) is 0 Å². The van der Waals surface area contributed by atoms with Crippen molar-refractivity contribution in [3.05, 3.63) is 35.4 Å². The standard InChI is InChI=1S/C16H22N4S2/c21-15(19-13-4-5-13)17-9-11-2-1-3-12(8-11)10-18-16(22)20-14-6-7-14/h1-3,8,13-14H,4-7,9-10H2,(H2,17,19,21)(H2,18,20,22). The average molecular weight is 335 g/mol. The van der Waals surface area contributed by atoms with Crippen LogP contribution in [0.1, 0.15) is 36.8 Å². The van der Waals surface area contributed by atoms with Crippen LogP contribution in [0, 0.1) is 0 Å². The van der Waals surface area contributed by atoms with Crippen molar-refractivity contribution < 1.29 is 0 Å². The summed E-state index contributed by atoms with van der Waals surface area (Å²) >= 11 is 10.5. The number of hydrogen-bond donors (Lipinski definition) is 4. The Labute approximate surface area is 142 Å². The minimum atomic E-state index is 0.593. The highest BCUT2D eigenvalue weighted by Crippen LogP contribution is 2.18. The first-order valence-corrected chi connectivity index (χ1v) is 8.67. The Morgan fingerprint density at radius 2 is 1.32 bits per heavy atom. The number of rotatable bonds is 6. The molecule has 0 amide bonds. The Morgan fingerprint density at radius 1 is 0.864 bits per heavy atom. The summed E-state index contributed by atoms with van der Waals surface area (Å²) < 4.78 is 0. The molecule has 4 nitrogen and oxygen atoms in total. The van der Waals surface area contributed by atoms with E-state index in [0.717, 1.165) is 23.3 Å². The Hall–Kier alpha value is -1.40. The zero-order valence-electron chi connectivity index (χ0n) is 12.5. The van der Waals surface area contributed by atoms with Gasteiger partial charge in [-0.15, -0.1) is 0 Å². The normalized spacial score (nSPS) is 16.7. The second-order valence-electron chi connectivity index (χ2n) is 6.02. The first-order valence-electron chi connectivity index (χ1n) is 7.85. The molecule has 0 heterocycles. The van der Waals surface area contributed by atoms with Gasteiger partial charge in [0.15, 0.2) is 10.2 Å². The van der Waals surface area contributed by atoms with Crippen LogP contribution in [0.4, 0.5) is 0 Å². The Morgan fingerprint density at radius 3 is 1.73 bits per heavy atom. The van der Waals surface area contributed by atoms with Gasteiger partial charge >= 0.3 is 0 Å². The first-order chi connectivity index (χ1) is 10.7. The van der Waals surface area contributed by atoms with Crippen molar-refractivity contribution in [2.24, 2.45) is 0 Å². The molecule has 4 N–H and O–H groups in total. The lowest BCUT2D eigenvalue weighted by molar-refractivity contribution is 0.817. The van der Waals surface area contributed by atoms with Crippen LogP contribution in [0.15, 0.2) is 24.3 Å². The van der Waals surface area contributed by atoms with Crippen LogP contribution in [0.25, 0.3) is 0 Å². The first kappa shape index (κ1) is 15.5. The molecule has 6 heteroatoms. The molecule has 0 unspecified atom stereocenters. The number of hydrogen-bond acceptors (Lipinski definition) is 2. The van der Waals surface area contributed by atoms with E-state index >= 15 is 0 Å². The zero-order valence-corrected chi connectivity index (χ0v) is 14.2. The summed E-state index contributed by atoms with van der Waals surface area (Å²) in [4.78, 5) is 0. The minimum absolute atomic E-state index is 0.593. The molecule has 0 bridgehead atoms. The molecule has 2 fully saturated rings. The lowest BCUT2D eigenvalue weighted by Gasteiger charge is -2.12. The molecule has 118 valence electrons. The maximum Gasteiger partial charge on any atom is 0.166 e. The van der Waals surface area contributed by atoms with E-state index in [2.05, 4.69) is 45.5 Å². The van der Waals surface area contributed by atoms with Crippen molar-refractivity contribution in [1.82, 2.24) is 21.3 Å². The maximum atomic E-state index is 5.27. The van der Waals surface area contributed by atoms with Gasteiger partial charge in [-0.3, -0.25) is 0 Å². The van der Waals surface area contributed by atoms with Gasteiger partial charge in [0.2, 0.25) is 0 Å². The van der Waals surface area contributed by atoms with Gasteiger partial charge < -0.3 is 21.3 Å². The summed E-state index contributed by atoms with van der Waals surface area (Å²) in [6, 6.07) is 9.65. The third-order valence-corrected chi connectivity index (χ3v) is 4.25. The third kappa shape index (κ3) is 5.42. The lowest BCUT2D eigenvalue weighted by atomic mass is 10.1. The van der Waals surface area contributed by atoms with Crippen molar-refractivity contribution in [2.75, 3.05) is 0 Å². The molecular weight excluding hydrogens is 312 g/mol. The van der Waals surface area contributed by atoms with Crippen molar-refractivity contribution in [3.8, 4) is 0 Å². The zero-order chi connectivity index (χ0) is 15.4. The molecule has 3 rings (SSSR count). The summed E-state index contributed by atoms with van der Waals surface area (Å²) in [7, 11) is 0. The molecule has 1 aromatic carbocycles. The number of thiocarbonyl (C=S) groups is 2. The fourth-order valence-electron chi connectivity index (χ4n) is 2.14. The van der Waals surface area contributed by atoms with Gasteiger partial charge in [-0.05, 0) is 61.2 Å². The Kier molecular flexibility index (Phi) is 5.10. The van der Waals surface area contributed by atoms with Crippen LogP contribution in [0.2, 0.25) is 0 Å². The van der Waals surface area contributed by atoms with E-state index in [-0.39, 0.29) is 0 Å². The Bertz CT molecular complexity index is 508. The molecule has 22 heavy (non-hydrogen) atoms. The van der Waals surface area contributed by atoms with E-state index in [1.54, 1.807) is 0 Å². The molecule has 0 aromatic heterocycles. The van der Waals surface area contributed by atoms with Gasteiger partial charge in [-0.1, -0.05) is 24.3 Å². The Balaban J connectivity index is 1.42. The molecule has 1 aromatic rings. The summed E-state index contributed by atoms with van der Waals surface area (Å²) in [5, 5.41) is 14.6. The van der Waals surface area contributed by atoms with Crippen LogP contribution in [-0.4, -0.2) is 22.3 Å². The predicted octanol–water partition coefficient (Wildman–Crippen LogP) is 1.94. The predicted molar refractivity (Wildman–Crippen MR) is 97.6 cm³/mol. The highest BCUT2D eigenvalue weighted by molar-refractivity contribution is 7.80. The third-order valence-electron chi connectivity index (χ3n) is 3.72. The van der Waals surface area contributed by atoms with E-state index in [9.17, 15) is 0 Å². The van der Waals surface area contributed by atoms with Crippen LogP contribution in [0.5, 0.6) is 0 Å². The van der Waals surface area contributed by atoms with Gasteiger partial charge in [0, 0.05) is 25.2 Å². The van der Waals surface area contributed by atoms with Gasteiger partial charge in [0.1, 0.15) is 0 Å². The van der Waals surface area contributed by atoms with E-state index in [1.165, 1.54) is 36.8 Å². The maximum absolute atomic E-state index is 5.27. The highest BCUT2D eigenvalue weighted by atomic mass is 32.1. The summed E-state index contributed by atoms with van der Waals surface area (Å²) in [6.45, 7) is 1.49. The number of nitrogens with one attached hydrogen (secondary N) is 4. The molecule has 0 aliphatic heterocycles. The quantitative estimate of drug-likeness (QED) is 0.597. The summed E-state index contributed by atoms with van der Waals surface area (Å²) in [6.07, 6.45) is 4.94. The molecule has 2 aliphatic rings. The van der Waals surface area contributed by atoms with Gasteiger partial charge in [0.25, 0.3) is 0 Å². The molecule has 2 saturated carbocycles. The van der Waals surface area contributed by atoms with Crippen molar-refractivity contribution in [1.29, 1.82) is 0 Å². The van der Waals surface area contributed by atoms with Gasteiger partial charge in [-0.25, -0.2) is 0 Å². The van der Waals surface area contributed by atoms with Crippen molar-refractivity contribution >= 4 is 34.7 Å². The largest absolute Gasteiger partial charge is 0.360 e. The fourth-order valence-corrected chi connectivity index (χ4v) is 2.62. The molecule has 0 radical (unpaired) electrons. The highest BCUT2D eigenvalue weighted by Gasteiger charge is 2.22. The van der Waals surface area contributed by atoms with Crippen LogP contribution in [-0.2, 0) is 13.1 Å². The van der Waals surface area contributed by atoms with Gasteiger partial charge in [-0.2, -0.15) is 0 Å². The van der Waals surface area contributed by atoms with Gasteiger partial charge in [0.05, 0.1) is 0 Å². The molecule has 0 atom stereocenters. The topological polar surface area (TPSA) is 48.1 Å². The fraction of sp³-hybridized carbons (Fsp3) is 0.500. The van der Waals surface area contributed by atoms with E-state index < -0.39 is 0 Å². The minimum Gasteiger partial charge on any atom is -0.360 e. The molecular formula is C16H22N4S2. The average Bonchev–Trinajstić information content (AvgIpc) is 3.40. The molecule has 0 spiro atoms. The van der Waals surface area contributed by atoms with E-state index in [0.29, 0.717) is 12.1 Å². The molecule has 0 saturated heterocycles. The van der Waals surface area contributed by atoms with Crippen LogP contribution < -0.4 is 21.3 Å². The van der Waals surface area contributed by atoms with Crippen LogP contribution >= 0.6 is 24.4 Å². The number of benzene rings is 1. The second kappa shape index (κ2) is 7.24. The summed E-state index contributed by atoms with van der Waals surface area (Å²) in [5.74, 6) is 0. The SMILES string of the molecule is S=C(NCc1cccc(CNC(=S)NC2CC2)c1)NC1CC1. The van der Waals surface area contributed by atoms with E-state index in [4.69, 9.17) is 24.4 Å².